The number of hydrogen-bond donors (Lipinski definition) is 1. The van der Waals surface area contributed by atoms with Crippen molar-refractivity contribution in [2.45, 2.75) is 0 Å². The van der Waals surface area contributed by atoms with Gasteiger partial charge in [0.2, 0.25) is 0 Å². The molecule has 1 aromatic carbocycles. The van der Waals surface area contributed by atoms with Crippen LogP contribution in [-0.2, 0) is 4.74 Å². The highest BCUT2D eigenvalue weighted by Gasteiger charge is 2.14. The van der Waals surface area contributed by atoms with Crippen LogP contribution in [0.25, 0.3) is 5.57 Å². The van der Waals surface area contributed by atoms with E-state index in [1.807, 2.05) is 18.2 Å². The number of ether oxygens (including phenoxy) is 1. The lowest BCUT2D eigenvalue weighted by Crippen LogP contribution is -2.02. The van der Waals surface area contributed by atoms with E-state index in [0.29, 0.717) is 18.8 Å². The lowest BCUT2D eigenvalue weighted by molar-refractivity contribution is 0.0696. The highest BCUT2D eigenvalue weighted by atomic mass is 16.5. The molecule has 2 rings (SSSR count). The second-order valence-corrected chi connectivity index (χ2v) is 3.10. The molecule has 0 aromatic heterocycles. The summed E-state index contributed by atoms with van der Waals surface area (Å²) in [7, 11) is 0. The van der Waals surface area contributed by atoms with Crippen LogP contribution in [0.5, 0.6) is 0 Å². The molecule has 0 bridgehead atoms. The van der Waals surface area contributed by atoms with Crippen molar-refractivity contribution in [3.63, 3.8) is 0 Å². The highest BCUT2D eigenvalue weighted by Crippen LogP contribution is 2.22. The summed E-state index contributed by atoms with van der Waals surface area (Å²) in [6.07, 6.45) is 1.92. The van der Waals surface area contributed by atoms with Crippen LogP contribution in [0.15, 0.2) is 30.3 Å². The molecule has 1 aliphatic heterocycles. The molecule has 0 radical (unpaired) electrons. The van der Waals surface area contributed by atoms with Gasteiger partial charge in [0.05, 0.1) is 18.8 Å². The maximum Gasteiger partial charge on any atom is 0.336 e. The monoisotopic (exact) mass is 190 g/mol. The number of carboxylic acids is 1. The average Bonchev–Trinajstić information content (AvgIpc) is 2.70. The number of aromatic carboxylic acids is 1. The number of benzene rings is 1. The summed E-state index contributed by atoms with van der Waals surface area (Å²) in [6, 6.07) is 6.98. The molecular weight excluding hydrogens is 180 g/mol. The van der Waals surface area contributed by atoms with Gasteiger partial charge in [0.15, 0.2) is 0 Å². The number of carboxylic acid groups (broad SMARTS) is 1. The third kappa shape index (κ3) is 1.54. The van der Waals surface area contributed by atoms with Crippen molar-refractivity contribution >= 4 is 11.5 Å². The molecule has 3 nitrogen and oxygen atoms in total. The normalized spacial score (nSPS) is 15.3. The maximum atomic E-state index is 10.9. The van der Waals surface area contributed by atoms with E-state index in [4.69, 9.17) is 9.84 Å². The first-order chi connectivity index (χ1) is 6.79. The minimum atomic E-state index is -0.895. The van der Waals surface area contributed by atoms with Crippen LogP contribution in [0.3, 0.4) is 0 Å². The minimum absolute atomic E-state index is 0.337. The van der Waals surface area contributed by atoms with Crippen LogP contribution in [-0.4, -0.2) is 24.3 Å². The van der Waals surface area contributed by atoms with Gasteiger partial charge in [-0.1, -0.05) is 24.3 Å². The molecule has 0 spiro atoms. The van der Waals surface area contributed by atoms with Crippen LogP contribution in [0.4, 0.5) is 0 Å². The molecule has 1 aromatic rings. The molecule has 1 heterocycles. The lowest BCUT2D eigenvalue weighted by atomic mass is 10.0. The summed E-state index contributed by atoms with van der Waals surface area (Å²) in [6.45, 7) is 1.08. The molecule has 14 heavy (non-hydrogen) atoms. The average molecular weight is 190 g/mol. The molecule has 0 saturated heterocycles. The SMILES string of the molecule is O=C(O)c1ccccc1C1=CCOC1. The standard InChI is InChI=1S/C11H10O3/c12-11(13)10-4-2-1-3-9(10)8-5-6-14-7-8/h1-5H,6-7H2,(H,12,13). The Morgan fingerprint density at radius 3 is 2.79 bits per heavy atom. The Morgan fingerprint density at radius 1 is 1.36 bits per heavy atom. The molecule has 1 N–H and O–H groups in total. The van der Waals surface area contributed by atoms with E-state index in [0.717, 1.165) is 11.1 Å². The van der Waals surface area contributed by atoms with Crippen LogP contribution >= 0.6 is 0 Å². The van der Waals surface area contributed by atoms with Crippen molar-refractivity contribution in [1.29, 1.82) is 0 Å². The Kier molecular flexibility index (Phi) is 2.33. The fourth-order valence-corrected chi connectivity index (χ4v) is 1.52. The summed E-state index contributed by atoms with van der Waals surface area (Å²) in [5.74, 6) is -0.895. The molecule has 0 unspecified atom stereocenters. The van der Waals surface area contributed by atoms with Gasteiger partial charge in [-0.15, -0.1) is 0 Å². The lowest BCUT2D eigenvalue weighted by Gasteiger charge is -2.05. The zero-order valence-corrected chi connectivity index (χ0v) is 7.56. The van der Waals surface area contributed by atoms with E-state index in [2.05, 4.69) is 0 Å². The van der Waals surface area contributed by atoms with Crippen molar-refractivity contribution in [1.82, 2.24) is 0 Å². The van der Waals surface area contributed by atoms with Gasteiger partial charge in [0.1, 0.15) is 0 Å². The fourth-order valence-electron chi connectivity index (χ4n) is 1.52. The summed E-state index contributed by atoms with van der Waals surface area (Å²) in [5, 5.41) is 8.96. The summed E-state index contributed by atoms with van der Waals surface area (Å²) in [4.78, 5) is 10.9. The molecule has 0 aliphatic carbocycles. The Balaban J connectivity index is 2.46. The van der Waals surface area contributed by atoms with Crippen LogP contribution in [0.2, 0.25) is 0 Å². The molecule has 1 aliphatic rings. The van der Waals surface area contributed by atoms with E-state index in [-0.39, 0.29) is 0 Å². The van der Waals surface area contributed by atoms with Crippen molar-refractivity contribution in [2.75, 3.05) is 13.2 Å². The molecule has 0 saturated carbocycles. The first kappa shape index (κ1) is 8.97. The third-order valence-corrected chi connectivity index (χ3v) is 2.21. The topological polar surface area (TPSA) is 46.5 Å². The minimum Gasteiger partial charge on any atom is -0.478 e. The predicted molar refractivity (Wildman–Crippen MR) is 52.2 cm³/mol. The Morgan fingerprint density at radius 2 is 2.14 bits per heavy atom. The predicted octanol–water partition coefficient (Wildman–Crippen LogP) is 1.80. The molecule has 0 atom stereocenters. The second kappa shape index (κ2) is 3.64. The number of rotatable bonds is 2. The summed E-state index contributed by atoms with van der Waals surface area (Å²) < 4.78 is 5.16. The van der Waals surface area contributed by atoms with Gasteiger partial charge in [0, 0.05) is 0 Å². The Labute approximate surface area is 81.6 Å². The van der Waals surface area contributed by atoms with Crippen molar-refractivity contribution in [3.8, 4) is 0 Å². The molecule has 3 heteroatoms. The Bertz CT molecular complexity index is 393. The van der Waals surface area contributed by atoms with E-state index in [9.17, 15) is 4.79 Å². The number of hydrogen-bond acceptors (Lipinski definition) is 2. The first-order valence-corrected chi connectivity index (χ1v) is 4.38. The van der Waals surface area contributed by atoms with E-state index in [1.165, 1.54) is 0 Å². The van der Waals surface area contributed by atoms with Crippen molar-refractivity contribution in [3.05, 3.63) is 41.5 Å². The largest absolute Gasteiger partial charge is 0.478 e. The second-order valence-electron chi connectivity index (χ2n) is 3.10. The maximum absolute atomic E-state index is 10.9. The van der Waals surface area contributed by atoms with Crippen LogP contribution in [0.1, 0.15) is 15.9 Å². The fraction of sp³-hybridized carbons (Fsp3) is 0.182. The van der Waals surface area contributed by atoms with E-state index < -0.39 is 5.97 Å². The van der Waals surface area contributed by atoms with Gasteiger partial charge in [-0.3, -0.25) is 0 Å². The van der Waals surface area contributed by atoms with Crippen molar-refractivity contribution in [2.24, 2.45) is 0 Å². The first-order valence-electron chi connectivity index (χ1n) is 4.38. The van der Waals surface area contributed by atoms with Crippen LogP contribution in [0, 0.1) is 0 Å². The summed E-state index contributed by atoms with van der Waals surface area (Å²) in [5.41, 5.74) is 2.06. The smallest absolute Gasteiger partial charge is 0.336 e. The van der Waals surface area contributed by atoms with Gasteiger partial charge in [0.25, 0.3) is 0 Å². The van der Waals surface area contributed by atoms with Gasteiger partial charge in [-0.05, 0) is 17.2 Å². The van der Waals surface area contributed by atoms with Gasteiger partial charge in [-0.25, -0.2) is 4.79 Å². The van der Waals surface area contributed by atoms with E-state index in [1.54, 1.807) is 12.1 Å². The number of carbonyl (C=O) groups is 1. The quantitative estimate of drug-likeness (QED) is 0.773. The zero-order chi connectivity index (χ0) is 9.97. The van der Waals surface area contributed by atoms with Crippen molar-refractivity contribution < 1.29 is 14.6 Å². The highest BCUT2D eigenvalue weighted by molar-refractivity contribution is 5.94. The zero-order valence-electron chi connectivity index (χ0n) is 7.56. The molecule has 0 amide bonds. The molecule has 72 valence electrons. The van der Waals surface area contributed by atoms with E-state index >= 15 is 0 Å². The molecular formula is C11H10O3. The van der Waals surface area contributed by atoms with Gasteiger partial charge in [-0.2, -0.15) is 0 Å². The Hall–Kier alpha value is -1.61. The van der Waals surface area contributed by atoms with Crippen LogP contribution < -0.4 is 0 Å². The third-order valence-electron chi connectivity index (χ3n) is 2.21. The van der Waals surface area contributed by atoms with Gasteiger partial charge < -0.3 is 9.84 Å². The summed E-state index contributed by atoms with van der Waals surface area (Å²) >= 11 is 0. The van der Waals surface area contributed by atoms with Gasteiger partial charge >= 0.3 is 5.97 Å². The molecule has 0 fully saturated rings.